The standard InChI is InChI=1S/C13H15ClN2O2S2/c1-8(6-18-2)15-12(17)7-19-13-16-10-5-9(14)3-4-11(10)20-13/h3-5,8H,6-7H2,1-2H3,(H,15,17). The van der Waals surface area contributed by atoms with Gasteiger partial charge in [-0.2, -0.15) is 0 Å². The van der Waals surface area contributed by atoms with Crippen molar-refractivity contribution in [3.63, 3.8) is 0 Å². The third kappa shape index (κ3) is 4.34. The van der Waals surface area contributed by atoms with Crippen LogP contribution < -0.4 is 5.32 Å². The van der Waals surface area contributed by atoms with Gasteiger partial charge in [-0.25, -0.2) is 4.98 Å². The Morgan fingerprint density at radius 2 is 2.40 bits per heavy atom. The van der Waals surface area contributed by atoms with E-state index in [2.05, 4.69) is 10.3 Å². The number of amides is 1. The number of carbonyl (C=O) groups is 1. The minimum Gasteiger partial charge on any atom is -0.383 e. The summed E-state index contributed by atoms with van der Waals surface area (Å²) in [6.45, 7) is 2.42. The van der Waals surface area contributed by atoms with Crippen LogP contribution in [0.25, 0.3) is 10.2 Å². The molecule has 0 saturated heterocycles. The van der Waals surface area contributed by atoms with Crippen LogP contribution in [0.15, 0.2) is 22.5 Å². The number of nitrogens with zero attached hydrogens (tertiary/aromatic N) is 1. The van der Waals surface area contributed by atoms with Crippen molar-refractivity contribution in [1.82, 2.24) is 10.3 Å². The second-order valence-electron chi connectivity index (χ2n) is 4.30. The van der Waals surface area contributed by atoms with Crippen molar-refractivity contribution >= 4 is 50.8 Å². The monoisotopic (exact) mass is 330 g/mol. The Kier molecular flexibility index (Phi) is 5.65. The summed E-state index contributed by atoms with van der Waals surface area (Å²) in [5.74, 6) is 0.332. The van der Waals surface area contributed by atoms with E-state index >= 15 is 0 Å². The smallest absolute Gasteiger partial charge is 0.230 e. The molecule has 2 aromatic rings. The molecule has 1 unspecified atom stereocenters. The first-order chi connectivity index (χ1) is 9.58. The number of carbonyl (C=O) groups excluding carboxylic acids is 1. The summed E-state index contributed by atoms with van der Waals surface area (Å²) in [4.78, 5) is 16.2. The van der Waals surface area contributed by atoms with E-state index in [0.29, 0.717) is 17.4 Å². The summed E-state index contributed by atoms with van der Waals surface area (Å²) in [6, 6.07) is 5.64. The molecule has 0 aliphatic rings. The first kappa shape index (κ1) is 15.6. The number of rotatable bonds is 6. The van der Waals surface area contributed by atoms with Gasteiger partial charge in [-0.15, -0.1) is 11.3 Å². The van der Waals surface area contributed by atoms with Crippen molar-refractivity contribution in [1.29, 1.82) is 0 Å². The molecule has 1 atom stereocenters. The van der Waals surface area contributed by atoms with Crippen LogP contribution in [0.2, 0.25) is 5.02 Å². The lowest BCUT2D eigenvalue weighted by Gasteiger charge is -2.11. The van der Waals surface area contributed by atoms with Gasteiger partial charge in [0.15, 0.2) is 4.34 Å². The molecule has 2 rings (SSSR count). The fourth-order valence-corrected chi connectivity index (χ4v) is 3.70. The molecule has 0 aliphatic heterocycles. The number of fused-ring (bicyclic) bond motifs is 1. The van der Waals surface area contributed by atoms with E-state index in [9.17, 15) is 4.79 Å². The first-order valence-corrected chi connectivity index (χ1v) is 8.23. The molecule has 108 valence electrons. The van der Waals surface area contributed by atoms with Gasteiger partial charge in [-0.05, 0) is 25.1 Å². The van der Waals surface area contributed by atoms with Gasteiger partial charge in [0.25, 0.3) is 0 Å². The van der Waals surface area contributed by atoms with Crippen LogP contribution in [-0.2, 0) is 9.53 Å². The van der Waals surface area contributed by atoms with Gasteiger partial charge in [0.2, 0.25) is 5.91 Å². The largest absolute Gasteiger partial charge is 0.383 e. The van der Waals surface area contributed by atoms with E-state index in [1.165, 1.54) is 11.8 Å². The fourth-order valence-electron chi connectivity index (χ4n) is 1.68. The van der Waals surface area contributed by atoms with Crippen molar-refractivity contribution in [3.05, 3.63) is 23.2 Å². The molecule has 1 amide bonds. The maximum atomic E-state index is 11.7. The zero-order valence-electron chi connectivity index (χ0n) is 11.2. The van der Waals surface area contributed by atoms with Crippen LogP contribution in [0.3, 0.4) is 0 Å². The van der Waals surface area contributed by atoms with Crippen molar-refractivity contribution in [2.45, 2.75) is 17.3 Å². The number of ether oxygens (including phenoxy) is 1. The van der Waals surface area contributed by atoms with Gasteiger partial charge < -0.3 is 10.1 Å². The van der Waals surface area contributed by atoms with E-state index in [0.717, 1.165) is 14.6 Å². The molecule has 0 aliphatic carbocycles. The Morgan fingerprint density at radius 1 is 1.60 bits per heavy atom. The zero-order chi connectivity index (χ0) is 14.5. The Labute approximate surface area is 130 Å². The maximum absolute atomic E-state index is 11.7. The molecular formula is C13H15ClN2O2S2. The molecule has 1 aromatic carbocycles. The topological polar surface area (TPSA) is 51.2 Å². The molecule has 7 heteroatoms. The highest BCUT2D eigenvalue weighted by Crippen LogP contribution is 2.30. The van der Waals surface area contributed by atoms with E-state index in [-0.39, 0.29) is 11.9 Å². The summed E-state index contributed by atoms with van der Waals surface area (Å²) in [5.41, 5.74) is 0.873. The van der Waals surface area contributed by atoms with Crippen LogP contribution in [0.5, 0.6) is 0 Å². The third-order valence-electron chi connectivity index (χ3n) is 2.48. The summed E-state index contributed by atoms with van der Waals surface area (Å²) in [6.07, 6.45) is 0. The third-order valence-corrected chi connectivity index (χ3v) is 4.90. The number of thiazole rings is 1. The van der Waals surface area contributed by atoms with Crippen molar-refractivity contribution in [2.75, 3.05) is 19.5 Å². The van der Waals surface area contributed by atoms with Crippen LogP contribution in [-0.4, -0.2) is 36.4 Å². The van der Waals surface area contributed by atoms with Crippen molar-refractivity contribution < 1.29 is 9.53 Å². The molecule has 1 N–H and O–H groups in total. The SMILES string of the molecule is COCC(C)NC(=O)CSc1nc2cc(Cl)ccc2s1. The van der Waals surface area contributed by atoms with E-state index in [1.807, 2.05) is 25.1 Å². The molecule has 1 heterocycles. The molecule has 0 bridgehead atoms. The Balaban J connectivity index is 1.90. The lowest BCUT2D eigenvalue weighted by atomic mass is 10.3. The van der Waals surface area contributed by atoms with Crippen LogP contribution >= 0.6 is 34.7 Å². The lowest BCUT2D eigenvalue weighted by Crippen LogP contribution is -2.36. The second kappa shape index (κ2) is 7.26. The molecule has 1 aromatic heterocycles. The summed E-state index contributed by atoms with van der Waals surface area (Å²) >= 11 is 8.92. The minimum atomic E-state index is -0.0168. The molecular weight excluding hydrogens is 316 g/mol. The van der Waals surface area contributed by atoms with Gasteiger partial charge in [-0.3, -0.25) is 4.79 Å². The number of hydrogen-bond acceptors (Lipinski definition) is 5. The van der Waals surface area contributed by atoms with Crippen LogP contribution in [0, 0.1) is 0 Å². The Hall–Kier alpha value is -0.820. The summed E-state index contributed by atoms with van der Waals surface area (Å²) in [7, 11) is 1.61. The zero-order valence-corrected chi connectivity index (χ0v) is 13.6. The number of thioether (sulfide) groups is 1. The molecule has 0 radical (unpaired) electrons. The fraction of sp³-hybridized carbons (Fsp3) is 0.385. The molecule has 0 saturated carbocycles. The maximum Gasteiger partial charge on any atom is 0.230 e. The highest BCUT2D eigenvalue weighted by molar-refractivity contribution is 8.01. The Morgan fingerprint density at radius 3 is 3.15 bits per heavy atom. The molecule has 0 spiro atoms. The molecule has 20 heavy (non-hydrogen) atoms. The number of hydrogen-bond donors (Lipinski definition) is 1. The van der Waals surface area contributed by atoms with Gasteiger partial charge in [0.1, 0.15) is 0 Å². The number of halogens is 1. The normalized spacial score (nSPS) is 12.6. The highest BCUT2D eigenvalue weighted by atomic mass is 35.5. The van der Waals surface area contributed by atoms with E-state index < -0.39 is 0 Å². The number of methoxy groups -OCH3 is 1. The molecule has 0 fully saturated rings. The minimum absolute atomic E-state index is 0.0160. The number of benzene rings is 1. The van der Waals surface area contributed by atoms with Gasteiger partial charge in [0, 0.05) is 18.2 Å². The first-order valence-electron chi connectivity index (χ1n) is 6.05. The average Bonchev–Trinajstić information content (AvgIpc) is 2.78. The summed E-state index contributed by atoms with van der Waals surface area (Å²) in [5, 5.41) is 3.54. The van der Waals surface area contributed by atoms with Crippen molar-refractivity contribution in [3.8, 4) is 0 Å². The predicted octanol–water partition coefficient (Wildman–Crippen LogP) is 3.19. The molecule has 4 nitrogen and oxygen atoms in total. The van der Waals surface area contributed by atoms with E-state index in [4.69, 9.17) is 16.3 Å². The average molecular weight is 331 g/mol. The summed E-state index contributed by atoms with van der Waals surface area (Å²) < 4.78 is 6.92. The Bertz CT molecular complexity index is 603. The quantitative estimate of drug-likeness (QED) is 0.826. The predicted molar refractivity (Wildman–Crippen MR) is 84.8 cm³/mol. The second-order valence-corrected chi connectivity index (χ2v) is 6.99. The van der Waals surface area contributed by atoms with Gasteiger partial charge >= 0.3 is 0 Å². The lowest BCUT2D eigenvalue weighted by molar-refractivity contribution is -0.119. The van der Waals surface area contributed by atoms with Crippen molar-refractivity contribution in [2.24, 2.45) is 0 Å². The highest BCUT2D eigenvalue weighted by Gasteiger charge is 2.10. The number of nitrogens with one attached hydrogen (secondary N) is 1. The van der Waals surface area contributed by atoms with E-state index in [1.54, 1.807) is 18.4 Å². The number of aromatic nitrogens is 1. The van der Waals surface area contributed by atoms with Gasteiger partial charge in [-0.1, -0.05) is 23.4 Å². The van der Waals surface area contributed by atoms with Gasteiger partial charge in [0.05, 0.1) is 22.6 Å². The van der Waals surface area contributed by atoms with Crippen LogP contribution in [0.4, 0.5) is 0 Å². The van der Waals surface area contributed by atoms with Crippen LogP contribution in [0.1, 0.15) is 6.92 Å².